The number of benzene rings is 1. The number of aryl methyl sites for hydroxylation is 1. The standard InChI is InChI=1S/C14H12N4O2S2/c1-9-7-11(17-20-9)15-12(19)8-21-14-16-13(18-22-14)10-5-3-2-4-6-10/h2-7H,8H2,1H3,(H,15,17,19). The summed E-state index contributed by atoms with van der Waals surface area (Å²) in [5.74, 6) is 1.84. The van der Waals surface area contributed by atoms with E-state index in [4.69, 9.17) is 4.52 Å². The van der Waals surface area contributed by atoms with E-state index in [1.54, 1.807) is 13.0 Å². The lowest BCUT2D eigenvalue weighted by Crippen LogP contribution is -2.14. The van der Waals surface area contributed by atoms with Crippen molar-refractivity contribution in [2.24, 2.45) is 0 Å². The SMILES string of the molecule is Cc1cc(NC(=O)CSc2nc(-c3ccccc3)ns2)no1. The number of aromatic nitrogens is 3. The van der Waals surface area contributed by atoms with Crippen LogP contribution in [0.15, 0.2) is 45.3 Å². The Labute approximate surface area is 135 Å². The number of thioether (sulfide) groups is 1. The molecule has 1 aromatic carbocycles. The van der Waals surface area contributed by atoms with Crippen molar-refractivity contribution >= 4 is 35.0 Å². The van der Waals surface area contributed by atoms with Crippen LogP contribution in [0.5, 0.6) is 0 Å². The maximum absolute atomic E-state index is 11.8. The van der Waals surface area contributed by atoms with Crippen LogP contribution in [0.3, 0.4) is 0 Å². The van der Waals surface area contributed by atoms with Crippen molar-refractivity contribution in [3.8, 4) is 11.4 Å². The lowest BCUT2D eigenvalue weighted by atomic mass is 10.2. The second-order valence-electron chi connectivity index (χ2n) is 4.41. The van der Waals surface area contributed by atoms with Crippen molar-refractivity contribution in [1.82, 2.24) is 14.5 Å². The Morgan fingerprint density at radius 1 is 1.36 bits per heavy atom. The zero-order valence-electron chi connectivity index (χ0n) is 11.6. The summed E-state index contributed by atoms with van der Waals surface area (Å²) in [5.41, 5.74) is 0.966. The summed E-state index contributed by atoms with van der Waals surface area (Å²) in [7, 11) is 0. The van der Waals surface area contributed by atoms with Gasteiger partial charge in [-0.3, -0.25) is 4.79 Å². The smallest absolute Gasteiger partial charge is 0.236 e. The van der Waals surface area contributed by atoms with Crippen LogP contribution in [0.25, 0.3) is 11.4 Å². The van der Waals surface area contributed by atoms with Gasteiger partial charge in [0.05, 0.1) is 5.75 Å². The van der Waals surface area contributed by atoms with Gasteiger partial charge in [-0.25, -0.2) is 4.98 Å². The van der Waals surface area contributed by atoms with Gasteiger partial charge in [-0.2, -0.15) is 4.37 Å². The average Bonchev–Trinajstić information content (AvgIpc) is 3.15. The lowest BCUT2D eigenvalue weighted by molar-refractivity contribution is -0.113. The fourth-order valence-corrected chi connectivity index (χ4v) is 3.12. The van der Waals surface area contributed by atoms with Crippen molar-refractivity contribution in [3.63, 3.8) is 0 Å². The Hall–Kier alpha value is -2.19. The third-order valence-corrected chi connectivity index (χ3v) is 4.50. The van der Waals surface area contributed by atoms with E-state index in [0.29, 0.717) is 17.4 Å². The molecule has 0 radical (unpaired) electrons. The zero-order valence-corrected chi connectivity index (χ0v) is 13.3. The summed E-state index contributed by atoms with van der Waals surface area (Å²) in [6.07, 6.45) is 0. The van der Waals surface area contributed by atoms with E-state index < -0.39 is 0 Å². The molecule has 0 aliphatic carbocycles. The summed E-state index contributed by atoms with van der Waals surface area (Å²) < 4.78 is 9.95. The van der Waals surface area contributed by atoms with E-state index in [1.165, 1.54) is 23.3 Å². The van der Waals surface area contributed by atoms with E-state index in [2.05, 4.69) is 19.8 Å². The fourth-order valence-electron chi connectivity index (χ4n) is 1.70. The summed E-state index contributed by atoms with van der Waals surface area (Å²) in [6.45, 7) is 1.77. The number of carbonyl (C=O) groups is 1. The first kappa shape index (κ1) is 14.7. The molecule has 0 saturated heterocycles. The molecule has 3 rings (SSSR count). The number of amides is 1. The van der Waals surface area contributed by atoms with Gasteiger partial charge in [-0.05, 0) is 18.5 Å². The van der Waals surface area contributed by atoms with Crippen LogP contribution >= 0.6 is 23.3 Å². The minimum Gasteiger partial charge on any atom is -0.360 e. The van der Waals surface area contributed by atoms with Crippen molar-refractivity contribution in [1.29, 1.82) is 0 Å². The molecule has 0 saturated carbocycles. The predicted molar refractivity (Wildman–Crippen MR) is 85.9 cm³/mol. The van der Waals surface area contributed by atoms with Gasteiger partial charge in [0, 0.05) is 11.6 Å². The maximum atomic E-state index is 11.8. The first-order chi connectivity index (χ1) is 10.7. The first-order valence-corrected chi connectivity index (χ1v) is 8.22. The van der Waals surface area contributed by atoms with Gasteiger partial charge in [-0.1, -0.05) is 47.3 Å². The Morgan fingerprint density at radius 2 is 2.18 bits per heavy atom. The van der Waals surface area contributed by atoms with E-state index in [1.807, 2.05) is 30.3 Å². The predicted octanol–water partition coefficient (Wildman–Crippen LogP) is 3.23. The molecule has 2 aromatic heterocycles. The van der Waals surface area contributed by atoms with Gasteiger partial charge >= 0.3 is 0 Å². The second-order valence-corrected chi connectivity index (χ2v) is 6.38. The highest BCUT2D eigenvalue weighted by Gasteiger charge is 2.10. The molecule has 0 unspecified atom stereocenters. The van der Waals surface area contributed by atoms with Crippen molar-refractivity contribution < 1.29 is 9.32 Å². The molecule has 0 spiro atoms. The minimum absolute atomic E-state index is 0.158. The minimum atomic E-state index is -0.158. The van der Waals surface area contributed by atoms with Crippen molar-refractivity contribution in [3.05, 3.63) is 42.2 Å². The van der Waals surface area contributed by atoms with Gasteiger partial charge in [0.15, 0.2) is 16.0 Å². The number of nitrogens with one attached hydrogen (secondary N) is 1. The summed E-state index contributed by atoms with van der Waals surface area (Å²) >= 11 is 2.63. The molecule has 22 heavy (non-hydrogen) atoms. The van der Waals surface area contributed by atoms with Crippen LogP contribution in [0.4, 0.5) is 5.82 Å². The molecule has 0 atom stereocenters. The van der Waals surface area contributed by atoms with Crippen LogP contribution in [0, 0.1) is 6.92 Å². The monoisotopic (exact) mass is 332 g/mol. The van der Waals surface area contributed by atoms with E-state index in [-0.39, 0.29) is 11.7 Å². The number of anilines is 1. The highest BCUT2D eigenvalue weighted by molar-refractivity contribution is 8.01. The van der Waals surface area contributed by atoms with E-state index in [0.717, 1.165) is 9.90 Å². The van der Waals surface area contributed by atoms with Crippen LogP contribution < -0.4 is 5.32 Å². The van der Waals surface area contributed by atoms with Crippen LogP contribution in [-0.2, 0) is 4.79 Å². The molecule has 0 aliphatic rings. The molecule has 112 valence electrons. The summed E-state index contributed by atoms with van der Waals surface area (Å²) in [4.78, 5) is 16.2. The van der Waals surface area contributed by atoms with Crippen molar-refractivity contribution in [2.45, 2.75) is 11.3 Å². The second kappa shape index (κ2) is 6.71. The fraction of sp³-hybridized carbons (Fsp3) is 0.143. The first-order valence-electron chi connectivity index (χ1n) is 6.46. The van der Waals surface area contributed by atoms with Crippen molar-refractivity contribution in [2.75, 3.05) is 11.1 Å². The number of hydrogen-bond acceptors (Lipinski definition) is 7. The quantitative estimate of drug-likeness (QED) is 0.723. The van der Waals surface area contributed by atoms with Gasteiger partial charge < -0.3 is 9.84 Å². The molecule has 6 nitrogen and oxygen atoms in total. The van der Waals surface area contributed by atoms with E-state index >= 15 is 0 Å². The van der Waals surface area contributed by atoms with Gasteiger partial charge in [0.2, 0.25) is 5.91 Å². The number of carbonyl (C=O) groups excluding carboxylic acids is 1. The van der Waals surface area contributed by atoms with Crippen LogP contribution in [-0.4, -0.2) is 26.2 Å². The largest absolute Gasteiger partial charge is 0.360 e. The molecule has 8 heteroatoms. The Morgan fingerprint density at radius 3 is 2.91 bits per heavy atom. The third kappa shape index (κ3) is 3.71. The molecule has 1 N–H and O–H groups in total. The molecule has 0 aliphatic heterocycles. The normalized spacial score (nSPS) is 10.6. The Balaban J connectivity index is 1.56. The molecule has 2 heterocycles. The van der Waals surface area contributed by atoms with Gasteiger partial charge in [-0.15, -0.1) is 0 Å². The molecular weight excluding hydrogens is 320 g/mol. The highest BCUT2D eigenvalue weighted by Crippen LogP contribution is 2.25. The third-order valence-electron chi connectivity index (χ3n) is 2.66. The summed E-state index contributed by atoms with van der Waals surface area (Å²) in [5, 5.41) is 6.38. The molecule has 0 bridgehead atoms. The van der Waals surface area contributed by atoms with Crippen LogP contribution in [0.1, 0.15) is 5.76 Å². The number of hydrogen-bond donors (Lipinski definition) is 1. The molecular formula is C14H12N4O2S2. The molecule has 3 aromatic rings. The average molecular weight is 332 g/mol. The highest BCUT2D eigenvalue weighted by atomic mass is 32.2. The van der Waals surface area contributed by atoms with Gasteiger partial charge in [0.1, 0.15) is 5.76 Å². The van der Waals surface area contributed by atoms with Crippen LogP contribution in [0.2, 0.25) is 0 Å². The van der Waals surface area contributed by atoms with Gasteiger partial charge in [0.25, 0.3) is 0 Å². The van der Waals surface area contributed by atoms with E-state index in [9.17, 15) is 4.79 Å². The Kier molecular flexibility index (Phi) is 4.50. The maximum Gasteiger partial charge on any atom is 0.236 e. The molecule has 0 fully saturated rings. The number of rotatable bonds is 5. The lowest BCUT2D eigenvalue weighted by Gasteiger charge is -1.98. The molecule has 1 amide bonds. The zero-order chi connectivity index (χ0) is 15.4. The Bertz CT molecular complexity index is 770. The topological polar surface area (TPSA) is 80.9 Å². The number of nitrogens with zero attached hydrogens (tertiary/aromatic N) is 3. The summed E-state index contributed by atoms with van der Waals surface area (Å²) in [6, 6.07) is 11.4.